The maximum Gasteiger partial charge on any atom is 0.277 e. The first kappa shape index (κ1) is 25.2. The number of fused-ring (bicyclic) bond motifs is 1. The quantitative estimate of drug-likeness (QED) is 0.387. The molecule has 8 heteroatoms. The van der Waals surface area contributed by atoms with Crippen LogP contribution in [-0.2, 0) is 13.0 Å². The van der Waals surface area contributed by atoms with Crippen LogP contribution in [0.15, 0.2) is 72.8 Å². The average molecular weight is 508 g/mol. The van der Waals surface area contributed by atoms with Gasteiger partial charge in [0.1, 0.15) is 17.5 Å². The average Bonchev–Trinajstić information content (AvgIpc) is 3.34. The molecule has 0 bridgehead atoms. The van der Waals surface area contributed by atoms with E-state index in [0.29, 0.717) is 42.2 Å². The van der Waals surface area contributed by atoms with E-state index in [9.17, 15) is 15.2 Å². The minimum absolute atomic E-state index is 0.117. The second-order valence-electron chi connectivity index (χ2n) is 9.27. The first-order valence-electron chi connectivity index (χ1n) is 12.5. The third kappa shape index (κ3) is 4.77. The molecule has 0 saturated carbocycles. The minimum Gasteiger partial charge on any atom is -0.497 e. The molecular formula is C30H29N5O3. The molecule has 0 saturated heterocycles. The van der Waals surface area contributed by atoms with Gasteiger partial charge in [0, 0.05) is 30.9 Å². The number of aliphatic hydroxyl groups is 1. The van der Waals surface area contributed by atoms with E-state index in [1.54, 1.807) is 28.8 Å². The Kier molecular flexibility index (Phi) is 7.22. The van der Waals surface area contributed by atoms with Crippen molar-refractivity contribution in [3.63, 3.8) is 0 Å². The SMILES string of the molecule is COc1ccc(-n2nc(C#N)c3c2C(=O)N(c2ccc(-c4ccccc4CN(C)CCO)cc2)CC3)cc1. The van der Waals surface area contributed by atoms with E-state index >= 15 is 0 Å². The summed E-state index contributed by atoms with van der Waals surface area (Å²) in [7, 11) is 3.58. The molecule has 0 radical (unpaired) electrons. The highest BCUT2D eigenvalue weighted by molar-refractivity contribution is 6.07. The molecule has 0 atom stereocenters. The van der Waals surface area contributed by atoms with Gasteiger partial charge in [-0.1, -0.05) is 36.4 Å². The lowest BCUT2D eigenvalue weighted by Crippen LogP contribution is -2.38. The maximum absolute atomic E-state index is 13.8. The van der Waals surface area contributed by atoms with Crippen LogP contribution in [-0.4, -0.2) is 59.5 Å². The molecule has 0 aliphatic carbocycles. The van der Waals surface area contributed by atoms with E-state index in [4.69, 9.17) is 4.74 Å². The van der Waals surface area contributed by atoms with Gasteiger partial charge >= 0.3 is 0 Å². The van der Waals surface area contributed by atoms with Gasteiger partial charge in [-0.25, -0.2) is 4.68 Å². The Bertz CT molecular complexity index is 1490. The molecule has 8 nitrogen and oxygen atoms in total. The number of carbonyl (C=O) groups excluding carboxylic acids is 1. The number of ether oxygens (including phenoxy) is 1. The summed E-state index contributed by atoms with van der Waals surface area (Å²) in [5.41, 5.74) is 6.21. The van der Waals surface area contributed by atoms with Crippen LogP contribution in [0.4, 0.5) is 5.69 Å². The Labute approximate surface area is 221 Å². The van der Waals surface area contributed by atoms with Gasteiger partial charge in [-0.3, -0.25) is 9.69 Å². The van der Waals surface area contributed by atoms with Gasteiger partial charge < -0.3 is 14.7 Å². The highest BCUT2D eigenvalue weighted by atomic mass is 16.5. The van der Waals surface area contributed by atoms with Crippen LogP contribution in [0, 0.1) is 11.3 Å². The van der Waals surface area contributed by atoms with Crippen molar-refractivity contribution in [2.75, 3.05) is 38.8 Å². The summed E-state index contributed by atoms with van der Waals surface area (Å²) in [4.78, 5) is 17.6. The van der Waals surface area contributed by atoms with E-state index in [-0.39, 0.29) is 18.2 Å². The Hall–Kier alpha value is -4.45. The standard InChI is InChI=1S/C30H29N5O3/c1-33(17-18-36)20-22-5-3-4-6-26(22)21-7-9-23(10-8-21)34-16-15-27-28(19-31)32-35(29(27)30(34)37)24-11-13-25(38-2)14-12-24/h3-14,36H,15-18,20H2,1-2H3. The molecular weight excluding hydrogens is 478 g/mol. The zero-order valence-corrected chi connectivity index (χ0v) is 21.5. The van der Waals surface area contributed by atoms with E-state index < -0.39 is 0 Å². The van der Waals surface area contributed by atoms with Crippen molar-refractivity contribution >= 4 is 11.6 Å². The van der Waals surface area contributed by atoms with Crippen LogP contribution in [0.1, 0.15) is 27.3 Å². The number of anilines is 1. The number of amides is 1. The second kappa shape index (κ2) is 10.9. The van der Waals surface area contributed by atoms with Crippen LogP contribution in [0.5, 0.6) is 5.75 Å². The largest absolute Gasteiger partial charge is 0.497 e. The van der Waals surface area contributed by atoms with Crippen molar-refractivity contribution < 1.29 is 14.6 Å². The Morgan fingerprint density at radius 2 is 1.76 bits per heavy atom. The molecule has 0 unspecified atom stereocenters. The normalized spacial score (nSPS) is 12.9. The smallest absolute Gasteiger partial charge is 0.277 e. The Balaban J connectivity index is 1.44. The van der Waals surface area contributed by atoms with Crippen molar-refractivity contribution in [2.24, 2.45) is 0 Å². The number of aliphatic hydroxyl groups excluding tert-OH is 1. The lowest BCUT2D eigenvalue weighted by atomic mass is 9.98. The van der Waals surface area contributed by atoms with Crippen molar-refractivity contribution in [3.8, 4) is 28.6 Å². The van der Waals surface area contributed by atoms with E-state index in [0.717, 1.165) is 23.4 Å². The number of rotatable bonds is 8. The molecule has 0 fully saturated rings. The molecule has 3 aromatic carbocycles. The van der Waals surface area contributed by atoms with Crippen LogP contribution < -0.4 is 9.64 Å². The number of carbonyl (C=O) groups is 1. The molecule has 1 aliphatic rings. The summed E-state index contributed by atoms with van der Waals surface area (Å²) < 4.78 is 6.81. The predicted molar refractivity (Wildman–Crippen MR) is 146 cm³/mol. The molecule has 1 N–H and O–H groups in total. The first-order chi connectivity index (χ1) is 18.5. The number of benzene rings is 3. The number of hydrogen-bond donors (Lipinski definition) is 1. The van der Waals surface area contributed by atoms with E-state index in [2.05, 4.69) is 28.2 Å². The summed E-state index contributed by atoms with van der Waals surface area (Å²) in [6.07, 6.45) is 0.544. The second-order valence-corrected chi connectivity index (χ2v) is 9.27. The van der Waals surface area contributed by atoms with Gasteiger partial charge in [0.25, 0.3) is 5.91 Å². The molecule has 0 spiro atoms. The third-order valence-electron chi connectivity index (χ3n) is 6.87. The topological polar surface area (TPSA) is 94.6 Å². The Morgan fingerprint density at radius 1 is 1.05 bits per heavy atom. The summed E-state index contributed by atoms with van der Waals surface area (Å²) in [5.74, 6) is 0.514. The van der Waals surface area contributed by atoms with Gasteiger partial charge in [0.05, 0.1) is 19.4 Å². The number of methoxy groups -OCH3 is 1. The third-order valence-corrected chi connectivity index (χ3v) is 6.87. The highest BCUT2D eigenvalue weighted by Crippen LogP contribution is 2.31. The number of aromatic nitrogens is 2. The molecule has 38 heavy (non-hydrogen) atoms. The van der Waals surface area contributed by atoms with Crippen LogP contribution >= 0.6 is 0 Å². The molecule has 1 aromatic heterocycles. The van der Waals surface area contributed by atoms with Gasteiger partial charge in [-0.2, -0.15) is 10.4 Å². The fraction of sp³-hybridized carbons (Fsp3) is 0.233. The zero-order chi connectivity index (χ0) is 26.6. The zero-order valence-electron chi connectivity index (χ0n) is 21.5. The Morgan fingerprint density at radius 3 is 2.45 bits per heavy atom. The molecule has 2 heterocycles. The van der Waals surface area contributed by atoms with Gasteiger partial charge in [-0.05, 0) is 66.6 Å². The van der Waals surface area contributed by atoms with Gasteiger partial charge in [-0.15, -0.1) is 0 Å². The lowest BCUT2D eigenvalue weighted by Gasteiger charge is -2.28. The molecule has 4 aromatic rings. The summed E-state index contributed by atoms with van der Waals surface area (Å²) >= 11 is 0. The number of hydrogen-bond acceptors (Lipinski definition) is 6. The number of nitrogens with zero attached hydrogens (tertiary/aromatic N) is 5. The number of nitriles is 1. The van der Waals surface area contributed by atoms with Gasteiger partial charge in [0.2, 0.25) is 0 Å². The summed E-state index contributed by atoms with van der Waals surface area (Å²) in [6.45, 7) is 1.91. The molecule has 5 rings (SSSR count). The van der Waals surface area contributed by atoms with Crippen molar-refractivity contribution in [3.05, 3.63) is 95.3 Å². The predicted octanol–water partition coefficient (Wildman–Crippen LogP) is 4.05. The minimum atomic E-state index is -0.185. The summed E-state index contributed by atoms with van der Waals surface area (Å²) in [5, 5.41) is 23.4. The van der Waals surface area contributed by atoms with E-state index in [1.807, 2.05) is 55.6 Å². The first-order valence-corrected chi connectivity index (χ1v) is 12.5. The van der Waals surface area contributed by atoms with Crippen LogP contribution in [0.3, 0.4) is 0 Å². The summed E-state index contributed by atoms with van der Waals surface area (Å²) in [6, 6.07) is 25.6. The van der Waals surface area contributed by atoms with Crippen LogP contribution in [0.2, 0.25) is 0 Å². The fourth-order valence-corrected chi connectivity index (χ4v) is 4.91. The molecule has 1 amide bonds. The molecule has 1 aliphatic heterocycles. The number of likely N-dealkylation sites (N-methyl/N-ethyl adjacent to an activating group) is 1. The highest BCUT2D eigenvalue weighted by Gasteiger charge is 2.33. The maximum atomic E-state index is 13.8. The van der Waals surface area contributed by atoms with Gasteiger partial charge in [0.15, 0.2) is 5.69 Å². The van der Waals surface area contributed by atoms with Crippen molar-refractivity contribution in [2.45, 2.75) is 13.0 Å². The van der Waals surface area contributed by atoms with Crippen molar-refractivity contribution in [1.29, 1.82) is 5.26 Å². The monoisotopic (exact) mass is 507 g/mol. The lowest BCUT2D eigenvalue weighted by molar-refractivity contribution is 0.0973. The van der Waals surface area contributed by atoms with Crippen molar-refractivity contribution in [1.82, 2.24) is 14.7 Å². The fourth-order valence-electron chi connectivity index (χ4n) is 4.91. The van der Waals surface area contributed by atoms with Crippen LogP contribution in [0.25, 0.3) is 16.8 Å². The molecule has 192 valence electrons. The van der Waals surface area contributed by atoms with E-state index in [1.165, 1.54) is 5.56 Å².